The number of nitrogens with one attached hydrogen (secondary N) is 1. The molecule has 72 valence electrons. The van der Waals surface area contributed by atoms with Gasteiger partial charge in [0.15, 0.2) is 0 Å². The largest absolute Gasteiger partial charge is 0.330 e. The van der Waals surface area contributed by atoms with Crippen LogP contribution in [0.1, 0.15) is 25.3 Å². The quantitative estimate of drug-likeness (QED) is 0.697. The molecule has 2 unspecified atom stereocenters. The Balaban J connectivity index is 2.26. The molecule has 1 heterocycles. The number of rotatable bonds is 2. The third-order valence-corrected chi connectivity index (χ3v) is 2.96. The molecule has 0 bridgehead atoms. The van der Waals surface area contributed by atoms with E-state index in [0.29, 0.717) is 18.5 Å². The summed E-state index contributed by atoms with van der Waals surface area (Å²) in [6, 6.07) is 0.323. The molecular formula is C9H15N3O. The van der Waals surface area contributed by atoms with Gasteiger partial charge in [0.2, 0.25) is 0 Å². The van der Waals surface area contributed by atoms with Crippen molar-refractivity contribution in [2.45, 2.75) is 25.3 Å². The van der Waals surface area contributed by atoms with Crippen molar-refractivity contribution in [3.05, 3.63) is 22.9 Å². The zero-order chi connectivity index (χ0) is 9.26. The predicted molar refractivity (Wildman–Crippen MR) is 50.5 cm³/mol. The van der Waals surface area contributed by atoms with Gasteiger partial charge in [0.05, 0.1) is 0 Å². The zero-order valence-corrected chi connectivity index (χ0v) is 7.57. The Morgan fingerprint density at radius 1 is 1.62 bits per heavy atom. The number of imidazole rings is 1. The van der Waals surface area contributed by atoms with Crippen molar-refractivity contribution < 1.29 is 0 Å². The average Bonchev–Trinajstić information content (AvgIpc) is 2.71. The minimum absolute atomic E-state index is 0.00894. The van der Waals surface area contributed by atoms with Gasteiger partial charge in [0, 0.05) is 18.4 Å². The molecule has 0 aliphatic heterocycles. The Morgan fingerprint density at radius 3 is 3.08 bits per heavy atom. The van der Waals surface area contributed by atoms with Crippen LogP contribution in [0.4, 0.5) is 0 Å². The lowest BCUT2D eigenvalue weighted by atomic mass is 10.0. The van der Waals surface area contributed by atoms with Crippen LogP contribution in [0.25, 0.3) is 0 Å². The average molecular weight is 181 g/mol. The monoisotopic (exact) mass is 181 g/mol. The topological polar surface area (TPSA) is 63.8 Å². The maximum absolute atomic E-state index is 11.3. The van der Waals surface area contributed by atoms with Gasteiger partial charge in [0.25, 0.3) is 0 Å². The first-order chi connectivity index (χ1) is 6.33. The van der Waals surface area contributed by atoms with E-state index in [1.807, 2.05) is 6.20 Å². The molecule has 1 fully saturated rings. The van der Waals surface area contributed by atoms with Crippen LogP contribution in [-0.4, -0.2) is 16.1 Å². The second kappa shape index (κ2) is 3.38. The van der Waals surface area contributed by atoms with Crippen molar-refractivity contribution in [3.8, 4) is 0 Å². The Bertz CT molecular complexity index is 328. The highest BCUT2D eigenvalue weighted by molar-refractivity contribution is 4.88. The minimum Gasteiger partial charge on any atom is -0.330 e. The van der Waals surface area contributed by atoms with Crippen molar-refractivity contribution in [2.24, 2.45) is 11.7 Å². The molecule has 0 spiro atoms. The normalized spacial score (nSPS) is 28.1. The summed E-state index contributed by atoms with van der Waals surface area (Å²) in [5.41, 5.74) is 5.65. The lowest BCUT2D eigenvalue weighted by Crippen LogP contribution is -2.28. The molecule has 2 rings (SSSR count). The number of aromatic amines is 1. The third-order valence-electron chi connectivity index (χ3n) is 2.96. The Hall–Kier alpha value is -1.03. The number of H-pyrrole nitrogens is 1. The summed E-state index contributed by atoms with van der Waals surface area (Å²) in [5, 5.41) is 0. The van der Waals surface area contributed by atoms with Gasteiger partial charge in [-0.15, -0.1) is 0 Å². The van der Waals surface area contributed by atoms with Gasteiger partial charge in [-0.25, -0.2) is 4.79 Å². The lowest BCUT2D eigenvalue weighted by Gasteiger charge is -2.17. The Morgan fingerprint density at radius 2 is 2.46 bits per heavy atom. The van der Waals surface area contributed by atoms with Gasteiger partial charge in [-0.1, -0.05) is 6.42 Å². The molecule has 2 atom stereocenters. The smallest absolute Gasteiger partial charge is 0.325 e. The van der Waals surface area contributed by atoms with Crippen LogP contribution in [0.5, 0.6) is 0 Å². The van der Waals surface area contributed by atoms with Crippen LogP contribution in [-0.2, 0) is 0 Å². The van der Waals surface area contributed by atoms with Crippen LogP contribution in [0.3, 0.4) is 0 Å². The molecule has 1 aliphatic rings. The lowest BCUT2D eigenvalue weighted by molar-refractivity contribution is 0.379. The van der Waals surface area contributed by atoms with Gasteiger partial charge in [-0.05, 0) is 25.3 Å². The van der Waals surface area contributed by atoms with E-state index in [4.69, 9.17) is 5.73 Å². The number of nitrogens with two attached hydrogens (primary N) is 1. The SMILES string of the molecule is NCC1CCCC1n1cc[nH]c1=O. The minimum atomic E-state index is -0.00894. The summed E-state index contributed by atoms with van der Waals surface area (Å²) in [6.45, 7) is 0.683. The van der Waals surface area contributed by atoms with Crippen molar-refractivity contribution >= 4 is 0 Å². The molecule has 4 heteroatoms. The molecule has 0 radical (unpaired) electrons. The van der Waals surface area contributed by atoms with Crippen LogP contribution < -0.4 is 11.4 Å². The molecule has 3 N–H and O–H groups in total. The van der Waals surface area contributed by atoms with Crippen molar-refractivity contribution in [2.75, 3.05) is 6.54 Å². The molecule has 1 aromatic heterocycles. The summed E-state index contributed by atoms with van der Waals surface area (Å²) >= 11 is 0. The van der Waals surface area contributed by atoms with E-state index in [9.17, 15) is 4.79 Å². The van der Waals surface area contributed by atoms with E-state index >= 15 is 0 Å². The first kappa shape index (κ1) is 8.56. The number of hydrogen-bond acceptors (Lipinski definition) is 2. The van der Waals surface area contributed by atoms with Crippen molar-refractivity contribution in [1.82, 2.24) is 9.55 Å². The van der Waals surface area contributed by atoms with Crippen LogP contribution >= 0.6 is 0 Å². The molecular weight excluding hydrogens is 166 g/mol. The summed E-state index contributed by atoms with van der Waals surface area (Å²) in [4.78, 5) is 14.0. The fourth-order valence-corrected chi connectivity index (χ4v) is 2.25. The number of hydrogen-bond donors (Lipinski definition) is 2. The standard InChI is InChI=1S/C9H15N3O/c10-6-7-2-1-3-8(7)12-5-4-11-9(12)13/h4-5,7-8H,1-3,6,10H2,(H,11,13). The van der Waals surface area contributed by atoms with Crippen LogP contribution in [0.15, 0.2) is 17.2 Å². The summed E-state index contributed by atoms with van der Waals surface area (Å²) < 4.78 is 1.78. The van der Waals surface area contributed by atoms with E-state index in [0.717, 1.165) is 12.8 Å². The summed E-state index contributed by atoms with van der Waals surface area (Å²) in [7, 11) is 0. The second-order valence-corrected chi connectivity index (χ2v) is 3.67. The van der Waals surface area contributed by atoms with Gasteiger partial charge in [-0.2, -0.15) is 0 Å². The first-order valence-electron chi connectivity index (χ1n) is 4.78. The number of aromatic nitrogens is 2. The maximum atomic E-state index is 11.3. The maximum Gasteiger partial charge on any atom is 0.325 e. The van der Waals surface area contributed by atoms with Crippen molar-refractivity contribution in [1.29, 1.82) is 0 Å². The zero-order valence-electron chi connectivity index (χ0n) is 7.57. The molecule has 0 aromatic carbocycles. The van der Waals surface area contributed by atoms with E-state index < -0.39 is 0 Å². The highest BCUT2D eigenvalue weighted by Gasteiger charge is 2.27. The van der Waals surface area contributed by atoms with E-state index in [-0.39, 0.29) is 5.69 Å². The highest BCUT2D eigenvalue weighted by atomic mass is 16.1. The predicted octanol–water partition coefficient (Wildman–Crippen LogP) is 0.476. The van der Waals surface area contributed by atoms with Crippen molar-refractivity contribution in [3.63, 3.8) is 0 Å². The van der Waals surface area contributed by atoms with Gasteiger partial charge in [-0.3, -0.25) is 4.57 Å². The molecule has 0 saturated heterocycles. The molecule has 1 saturated carbocycles. The Kier molecular flexibility index (Phi) is 2.22. The molecule has 4 nitrogen and oxygen atoms in total. The van der Waals surface area contributed by atoms with Crippen LogP contribution in [0, 0.1) is 5.92 Å². The first-order valence-corrected chi connectivity index (χ1v) is 4.78. The molecule has 1 aliphatic carbocycles. The summed E-state index contributed by atoms with van der Waals surface area (Å²) in [6.07, 6.45) is 6.93. The fraction of sp³-hybridized carbons (Fsp3) is 0.667. The summed E-state index contributed by atoms with van der Waals surface area (Å²) in [5.74, 6) is 0.480. The second-order valence-electron chi connectivity index (χ2n) is 3.67. The van der Waals surface area contributed by atoms with Gasteiger partial charge >= 0.3 is 5.69 Å². The van der Waals surface area contributed by atoms with Crippen LogP contribution in [0.2, 0.25) is 0 Å². The third kappa shape index (κ3) is 1.42. The molecule has 0 amide bonds. The Labute approximate surface area is 76.8 Å². The highest BCUT2D eigenvalue weighted by Crippen LogP contribution is 2.33. The van der Waals surface area contributed by atoms with E-state index in [1.54, 1.807) is 10.8 Å². The molecule has 1 aromatic rings. The van der Waals surface area contributed by atoms with E-state index in [1.165, 1.54) is 6.42 Å². The van der Waals surface area contributed by atoms with Gasteiger partial charge in [0.1, 0.15) is 0 Å². The molecule has 13 heavy (non-hydrogen) atoms. The van der Waals surface area contributed by atoms with E-state index in [2.05, 4.69) is 4.98 Å². The fourth-order valence-electron chi connectivity index (χ4n) is 2.25. The van der Waals surface area contributed by atoms with Gasteiger partial charge < -0.3 is 10.7 Å². The number of nitrogens with zero attached hydrogens (tertiary/aromatic N) is 1.